The molecule has 2 N–H and O–H groups in total. The van der Waals surface area contributed by atoms with Crippen LogP contribution in [0.1, 0.15) is 32.4 Å². The maximum Gasteiger partial charge on any atom is 0.225 e. The van der Waals surface area contributed by atoms with Gasteiger partial charge in [-0.1, -0.05) is 26.8 Å². The number of carbonyl (C=O) groups is 1. The molecule has 0 fully saturated rings. The van der Waals surface area contributed by atoms with Crippen LogP contribution >= 0.6 is 0 Å². The Morgan fingerprint density at radius 1 is 1.56 bits per heavy atom. The average molecular weight is 222 g/mol. The fraction of sp³-hybridized carbons (Fsp3) is 0.500. The van der Waals surface area contributed by atoms with E-state index in [4.69, 9.17) is 0 Å². The number of amides is 1. The first-order valence-electron chi connectivity index (χ1n) is 5.27. The van der Waals surface area contributed by atoms with Gasteiger partial charge in [-0.25, -0.2) is 0 Å². The van der Waals surface area contributed by atoms with Crippen molar-refractivity contribution in [2.45, 2.75) is 26.8 Å². The third-order valence-corrected chi connectivity index (χ3v) is 2.26. The highest BCUT2D eigenvalue weighted by Gasteiger charge is 2.24. The summed E-state index contributed by atoms with van der Waals surface area (Å²) in [5.74, 6) is -0.0876. The van der Waals surface area contributed by atoms with Gasteiger partial charge in [0.05, 0.1) is 12.6 Å². The maximum atomic E-state index is 11.8. The van der Waals surface area contributed by atoms with Gasteiger partial charge in [-0.3, -0.25) is 9.78 Å². The third kappa shape index (κ3) is 3.31. The first-order valence-corrected chi connectivity index (χ1v) is 5.27. The van der Waals surface area contributed by atoms with E-state index in [1.54, 1.807) is 18.5 Å². The zero-order valence-corrected chi connectivity index (χ0v) is 9.90. The Morgan fingerprint density at radius 3 is 2.69 bits per heavy atom. The van der Waals surface area contributed by atoms with Gasteiger partial charge in [-0.2, -0.15) is 0 Å². The van der Waals surface area contributed by atoms with Crippen LogP contribution in [0.25, 0.3) is 0 Å². The average Bonchev–Trinajstić information content (AvgIpc) is 2.25. The molecule has 0 aliphatic rings. The molecular weight excluding hydrogens is 204 g/mol. The molecule has 4 heteroatoms. The van der Waals surface area contributed by atoms with E-state index in [-0.39, 0.29) is 18.6 Å². The number of aliphatic hydroxyl groups excluding tert-OH is 1. The van der Waals surface area contributed by atoms with Crippen LogP contribution in [0.3, 0.4) is 0 Å². The maximum absolute atomic E-state index is 11.8. The first-order chi connectivity index (χ1) is 7.45. The van der Waals surface area contributed by atoms with Crippen molar-refractivity contribution in [2.75, 3.05) is 6.61 Å². The van der Waals surface area contributed by atoms with Crippen LogP contribution in [-0.2, 0) is 4.79 Å². The minimum atomic E-state index is -0.463. The number of hydrogen-bond acceptors (Lipinski definition) is 3. The van der Waals surface area contributed by atoms with Gasteiger partial charge in [0.2, 0.25) is 5.91 Å². The standard InChI is InChI=1S/C12H18N2O2/c1-12(2,3)11(16)14-10(8-15)9-5-4-6-13-7-9/h4-7,10,15H,8H2,1-3H3,(H,14,16). The summed E-state index contributed by atoms with van der Waals surface area (Å²) in [5.41, 5.74) is 0.345. The molecule has 0 saturated heterocycles. The van der Waals surface area contributed by atoms with Crippen molar-refractivity contribution in [3.63, 3.8) is 0 Å². The van der Waals surface area contributed by atoms with Crippen LogP contribution in [0, 0.1) is 5.41 Å². The van der Waals surface area contributed by atoms with Gasteiger partial charge in [0, 0.05) is 17.8 Å². The topological polar surface area (TPSA) is 62.2 Å². The number of carbonyl (C=O) groups excluding carboxylic acids is 1. The van der Waals surface area contributed by atoms with Crippen LogP contribution < -0.4 is 5.32 Å². The monoisotopic (exact) mass is 222 g/mol. The zero-order chi connectivity index (χ0) is 12.2. The summed E-state index contributed by atoms with van der Waals surface area (Å²) in [4.78, 5) is 15.7. The van der Waals surface area contributed by atoms with Crippen LogP contribution in [0.5, 0.6) is 0 Å². The fourth-order valence-corrected chi connectivity index (χ4v) is 1.19. The Balaban J connectivity index is 2.75. The molecule has 0 spiro atoms. The molecule has 88 valence electrons. The van der Waals surface area contributed by atoms with Crippen molar-refractivity contribution in [3.8, 4) is 0 Å². The smallest absolute Gasteiger partial charge is 0.225 e. The van der Waals surface area contributed by atoms with E-state index in [0.717, 1.165) is 5.56 Å². The lowest BCUT2D eigenvalue weighted by atomic mass is 9.95. The second kappa shape index (κ2) is 5.07. The summed E-state index contributed by atoms with van der Waals surface area (Å²) in [6.45, 7) is 5.37. The van der Waals surface area contributed by atoms with Gasteiger partial charge >= 0.3 is 0 Å². The van der Waals surface area contributed by atoms with Gasteiger partial charge in [-0.05, 0) is 11.6 Å². The predicted octanol–water partition coefficient (Wildman–Crippen LogP) is 1.28. The van der Waals surface area contributed by atoms with E-state index in [9.17, 15) is 9.90 Å². The Kier molecular flexibility index (Phi) is 4.01. The van der Waals surface area contributed by atoms with Crippen molar-refractivity contribution < 1.29 is 9.90 Å². The molecule has 0 aromatic carbocycles. The number of aliphatic hydroxyl groups is 1. The van der Waals surface area contributed by atoms with E-state index >= 15 is 0 Å². The first kappa shape index (κ1) is 12.6. The lowest BCUT2D eigenvalue weighted by molar-refractivity contribution is -0.129. The molecule has 1 atom stereocenters. The lowest BCUT2D eigenvalue weighted by Crippen LogP contribution is -2.38. The summed E-state index contributed by atoms with van der Waals surface area (Å²) in [5, 5.41) is 12.0. The molecule has 0 aliphatic heterocycles. The third-order valence-electron chi connectivity index (χ3n) is 2.26. The van der Waals surface area contributed by atoms with E-state index in [1.165, 1.54) is 0 Å². The van der Waals surface area contributed by atoms with Crippen molar-refractivity contribution in [1.29, 1.82) is 0 Å². The summed E-state index contributed by atoms with van der Waals surface area (Å²) in [6.07, 6.45) is 3.30. The van der Waals surface area contributed by atoms with E-state index in [2.05, 4.69) is 10.3 Å². The molecule has 16 heavy (non-hydrogen) atoms. The summed E-state index contributed by atoms with van der Waals surface area (Å²) < 4.78 is 0. The van der Waals surface area contributed by atoms with Gasteiger partial charge in [-0.15, -0.1) is 0 Å². The minimum Gasteiger partial charge on any atom is -0.394 e. The van der Waals surface area contributed by atoms with Crippen molar-refractivity contribution in [1.82, 2.24) is 10.3 Å². The molecule has 0 radical (unpaired) electrons. The van der Waals surface area contributed by atoms with Crippen LogP contribution in [0.4, 0.5) is 0 Å². The molecule has 1 aromatic heterocycles. The summed E-state index contributed by atoms with van der Waals surface area (Å²) in [7, 11) is 0. The highest BCUT2D eigenvalue weighted by molar-refractivity contribution is 5.81. The number of rotatable bonds is 3. The van der Waals surface area contributed by atoms with Crippen molar-refractivity contribution in [3.05, 3.63) is 30.1 Å². The number of nitrogens with one attached hydrogen (secondary N) is 1. The number of hydrogen-bond donors (Lipinski definition) is 2. The molecule has 1 amide bonds. The normalized spacial score (nSPS) is 13.2. The molecule has 0 aliphatic carbocycles. The second-order valence-electron chi connectivity index (χ2n) is 4.74. The fourth-order valence-electron chi connectivity index (χ4n) is 1.19. The molecule has 0 bridgehead atoms. The van der Waals surface area contributed by atoms with E-state index in [1.807, 2.05) is 26.8 Å². The Morgan fingerprint density at radius 2 is 2.25 bits per heavy atom. The molecule has 1 heterocycles. The molecule has 0 saturated carbocycles. The predicted molar refractivity (Wildman–Crippen MR) is 61.7 cm³/mol. The quantitative estimate of drug-likeness (QED) is 0.809. The molecular formula is C12H18N2O2. The molecule has 1 rings (SSSR count). The number of nitrogens with zero attached hydrogens (tertiary/aromatic N) is 1. The van der Waals surface area contributed by atoms with Gasteiger partial charge in [0.1, 0.15) is 0 Å². The van der Waals surface area contributed by atoms with E-state index < -0.39 is 5.41 Å². The van der Waals surface area contributed by atoms with Gasteiger partial charge in [0.25, 0.3) is 0 Å². The number of pyridine rings is 1. The highest BCUT2D eigenvalue weighted by Crippen LogP contribution is 2.17. The van der Waals surface area contributed by atoms with Gasteiger partial charge < -0.3 is 10.4 Å². The Hall–Kier alpha value is -1.42. The SMILES string of the molecule is CC(C)(C)C(=O)NC(CO)c1cccnc1. The van der Waals surface area contributed by atoms with Crippen LogP contribution in [-0.4, -0.2) is 22.6 Å². The van der Waals surface area contributed by atoms with Gasteiger partial charge in [0.15, 0.2) is 0 Å². The lowest BCUT2D eigenvalue weighted by Gasteiger charge is -2.23. The number of aromatic nitrogens is 1. The largest absolute Gasteiger partial charge is 0.394 e. The summed E-state index contributed by atoms with van der Waals surface area (Å²) >= 11 is 0. The second-order valence-corrected chi connectivity index (χ2v) is 4.74. The zero-order valence-electron chi connectivity index (χ0n) is 9.90. The van der Waals surface area contributed by atoms with Crippen molar-refractivity contribution in [2.24, 2.45) is 5.41 Å². The molecule has 1 aromatic rings. The summed E-state index contributed by atoms with van der Waals surface area (Å²) in [6, 6.07) is 3.22. The highest BCUT2D eigenvalue weighted by atomic mass is 16.3. The van der Waals surface area contributed by atoms with E-state index in [0.29, 0.717) is 0 Å². The minimum absolute atomic E-state index is 0.0876. The molecule has 1 unspecified atom stereocenters. The molecule has 4 nitrogen and oxygen atoms in total. The van der Waals surface area contributed by atoms with Crippen LogP contribution in [0.15, 0.2) is 24.5 Å². The Bertz CT molecular complexity index is 344. The van der Waals surface area contributed by atoms with Crippen molar-refractivity contribution >= 4 is 5.91 Å². The van der Waals surface area contributed by atoms with Crippen LogP contribution in [0.2, 0.25) is 0 Å². The Labute approximate surface area is 95.7 Å².